The number of amides is 1. The molecule has 1 amide bonds. The van der Waals surface area contributed by atoms with E-state index in [0.29, 0.717) is 6.42 Å². The number of nitrogens with one attached hydrogen (secondary N) is 2. The van der Waals surface area contributed by atoms with E-state index in [2.05, 4.69) is 10.6 Å². The largest absolute Gasteiger partial charge is 0.377 e. The molecular weight excluding hydrogens is 244 g/mol. The number of carbonyl (C=O) groups is 1. The first-order chi connectivity index (χ1) is 9.10. The Bertz CT molecular complexity index is 405. The SMILES string of the molecule is CCC(=O)Nc1cccc(NC(C)C(OC)OC)c1. The van der Waals surface area contributed by atoms with Gasteiger partial charge in [0.05, 0.1) is 6.04 Å². The van der Waals surface area contributed by atoms with E-state index in [4.69, 9.17) is 9.47 Å². The van der Waals surface area contributed by atoms with Gasteiger partial charge < -0.3 is 20.1 Å². The minimum absolute atomic E-state index is 0.00291. The van der Waals surface area contributed by atoms with Crippen LogP contribution < -0.4 is 10.6 Å². The molecule has 0 bridgehead atoms. The first kappa shape index (κ1) is 15.5. The molecule has 0 heterocycles. The van der Waals surface area contributed by atoms with E-state index >= 15 is 0 Å². The van der Waals surface area contributed by atoms with Crippen LogP contribution in [0.2, 0.25) is 0 Å². The summed E-state index contributed by atoms with van der Waals surface area (Å²) in [5.74, 6) is -0.00291. The summed E-state index contributed by atoms with van der Waals surface area (Å²) in [6, 6.07) is 7.54. The number of ether oxygens (including phenoxy) is 2. The minimum atomic E-state index is -0.325. The fourth-order valence-electron chi connectivity index (χ4n) is 1.77. The molecular formula is C14H22N2O3. The van der Waals surface area contributed by atoms with Gasteiger partial charge in [-0.3, -0.25) is 4.79 Å². The highest BCUT2D eigenvalue weighted by molar-refractivity contribution is 5.90. The predicted molar refractivity (Wildman–Crippen MR) is 76.3 cm³/mol. The minimum Gasteiger partial charge on any atom is -0.377 e. The quantitative estimate of drug-likeness (QED) is 0.744. The topological polar surface area (TPSA) is 59.6 Å². The van der Waals surface area contributed by atoms with E-state index in [1.54, 1.807) is 14.2 Å². The third-order valence-electron chi connectivity index (χ3n) is 2.73. The lowest BCUT2D eigenvalue weighted by Crippen LogP contribution is -2.33. The van der Waals surface area contributed by atoms with Crippen molar-refractivity contribution in [1.29, 1.82) is 0 Å². The maximum atomic E-state index is 11.3. The van der Waals surface area contributed by atoms with Gasteiger partial charge in [0.1, 0.15) is 0 Å². The van der Waals surface area contributed by atoms with Crippen molar-refractivity contribution in [2.75, 3.05) is 24.9 Å². The van der Waals surface area contributed by atoms with Crippen LogP contribution in [0, 0.1) is 0 Å². The molecule has 0 saturated heterocycles. The van der Waals surface area contributed by atoms with Gasteiger partial charge in [-0.25, -0.2) is 0 Å². The number of anilines is 2. The number of benzene rings is 1. The lowest BCUT2D eigenvalue weighted by atomic mass is 10.2. The van der Waals surface area contributed by atoms with Gasteiger partial charge in [0.25, 0.3) is 0 Å². The van der Waals surface area contributed by atoms with Crippen LogP contribution in [-0.4, -0.2) is 32.5 Å². The number of rotatable bonds is 7. The van der Waals surface area contributed by atoms with Crippen LogP contribution in [0.4, 0.5) is 11.4 Å². The van der Waals surface area contributed by atoms with E-state index < -0.39 is 0 Å². The fourth-order valence-corrected chi connectivity index (χ4v) is 1.77. The van der Waals surface area contributed by atoms with Gasteiger partial charge in [0.2, 0.25) is 5.91 Å². The third kappa shape index (κ3) is 4.89. The standard InChI is InChI=1S/C14H22N2O3/c1-5-13(17)16-12-8-6-7-11(9-12)15-10(2)14(18-3)19-4/h6-10,14-15H,5H2,1-4H3,(H,16,17). The Morgan fingerprint density at radius 1 is 1.26 bits per heavy atom. The van der Waals surface area contributed by atoms with E-state index in [-0.39, 0.29) is 18.2 Å². The van der Waals surface area contributed by atoms with Crippen molar-refractivity contribution in [2.24, 2.45) is 0 Å². The monoisotopic (exact) mass is 266 g/mol. The summed E-state index contributed by atoms with van der Waals surface area (Å²) in [6.07, 6.45) is 0.137. The molecule has 2 N–H and O–H groups in total. The van der Waals surface area contributed by atoms with Crippen LogP contribution in [0.3, 0.4) is 0 Å². The van der Waals surface area contributed by atoms with E-state index in [1.165, 1.54) is 0 Å². The molecule has 0 aromatic heterocycles. The van der Waals surface area contributed by atoms with Crippen LogP contribution >= 0.6 is 0 Å². The van der Waals surface area contributed by atoms with Gasteiger partial charge in [-0.15, -0.1) is 0 Å². The smallest absolute Gasteiger partial charge is 0.224 e. The second-order valence-electron chi connectivity index (χ2n) is 4.26. The zero-order valence-corrected chi connectivity index (χ0v) is 11.9. The van der Waals surface area contributed by atoms with Crippen LogP contribution in [0.15, 0.2) is 24.3 Å². The lowest BCUT2D eigenvalue weighted by Gasteiger charge is -2.23. The highest BCUT2D eigenvalue weighted by Gasteiger charge is 2.15. The Hall–Kier alpha value is -1.59. The summed E-state index contributed by atoms with van der Waals surface area (Å²) in [5.41, 5.74) is 1.68. The van der Waals surface area contributed by atoms with Crippen molar-refractivity contribution >= 4 is 17.3 Å². The first-order valence-electron chi connectivity index (χ1n) is 6.32. The van der Waals surface area contributed by atoms with Gasteiger partial charge >= 0.3 is 0 Å². The Morgan fingerprint density at radius 2 is 1.89 bits per heavy atom. The molecule has 1 unspecified atom stereocenters. The van der Waals surface area contributed by atoms with Crippen molar-refractivity contribution in [3.05, 3.63) is 24.3 Å². The fraction of sp³-hybridized carbons (Fsp3) is 0.500. The number of hydrogen-bond donors (Lipinski definition) is 2. The molecule has 0 fully saturated rings. The molecule has 19 heavy (non-hydrogen) atoms. The summed E-state index contributed by atoms with van der Waals surface area (Å²) >= 11 is 0. The van der Waals surface area contributed by atoms with Crippen molar-refractivity contribution in [1.82, 2.24) is 0 Å². The molecule has 0 radical (unpaired) electrons. The van der Waals surface area contributed by atoms with Crippen molar-refractivity contribution in [3.8, 4) is 0 Å². The first-order valence-corrected chi connectivity index (χ1v) is 6.32. The molecule has 106 valence electrons. The van der Waals surface area contributed by atoms with Crippen LogP contribution in [0.5, 0.6) is 0 Å². The van der Waals surface area contributed by atoms with Gasteiger partial charge in [0.15, 0.2) is 6.29 Å². The zero-order valence-electron chi connectivity index (χ0n) is 11.9. The van der Waals surface area contributed by atoms with Gasteiger partial charge in [-0.05, 0) is 25.1 Å². The van der Waals surface area contributed by atoms with Crippen molar-refractivity contribution in [2.45, 2.75) is 32.6 Å². The van der Waals surface area contributed by atoms with Crippen LogP contribution in [-0.2, 0) is 14.3 Å². The van der Waals surface area contributed by atoms with Crippen molar-refractivity contribution < 1.29 is 14.3 Å². The molecule has 0 saturated carbocycles. The molecule has 1 aromatic rings. The second-order valence-corrected chi connectivity index (χ2v) is 4.26. The van der Waals surface area contributed by atoms with E-state index in [1.807, 2.05) is 38.1 Å². The normalized spacial score (nSPS) is 12.3. The van der Waals surface area contributed by atoms with Crippen LogP contribution in [0.1, 0.15) is 20.3 Å². The molecule has 1 rings (SSSR count). The van der Waals surface area contributed by atoms with Crippen LogP contribution in [0.25, 0.3) is 0 Å². The molecule has 0 aliphatic rings. The highest BCUT2D eigenvalue weighted by Crippen LogP contribution is 2.17. The van der Waals surface area contributed by atoms with E-state index in [0.717, 1.165) is 11.4 Å². The summed E-state index contributed by atoms with van der Waals surface area (Å²) in [6.45, 7) is 3.79. The Morgan fingerprint density at radius 3 is 2.47 bits per heavy atom. The summed E-state index contributed by atoms with van der Waals surface area (Å²) in [7, 11) is 3.20. The molecule has 1 atom stereocenters. The summed E-state index contributed by atoms with van der Waals surface area (Å²) in [4.78, 5) is 11.3. The molecule has 5 heteroatoms. The van der Waals surface area contributed by atoms with E-state index in [9.17, 15) is 4.79 Å². The maximum absolute atomic E-state index is 11.3. The zero-order chi connectivity index (χ0) is 14.3. The average Bonchev–Trinajstić information content (AvgIpc) is 2.40. The van der Waals surface area contributed by atoms with Gasteiger partial charge in [0, 0.05) is 32.0 Å². The third-order valence-corrected chi connectivity index (χ3v) is 2.73. The highest BCUT2D eigenvalue weighted by atomic mass is 16.7. The molecule has 0 aliphatic carbocycles. The van der Waals surface area contributed by atoms with Crippen molar-refractivity contribution in [3.63, 3.8) is 0 Å². The number of methoxy groups -OCH3 is 2. The summed E-state index contributed by atoms with van der Waals surface area (Å²) < 4.78 is 10.4. The Balaban J connectivity index is 2.68. The predicted octanol–water partition coefficient (Wildman–Crippen LogP) is 2.45. The maximum Gasteiger partial charge on any atom is 0.224 e. The lowest BCUT2D eigenvalue weighted by molar-refractivity contribution is -0.115. The summed E-state index contributed by atoms with van der Waals surface area (Å²) in [5, 5.41) is 6.10. The molecule has 0 spiro atoms. The molecule has 1 aromatic carbocycles. The van der Waals surface area contributed by atoms with Gasteiger partial charge in [-0.2, -0.15) is 0 Å². The Labute approximate surface area is 114 Å². The average molecular weight is 266 g/mol. The number of carbonyl (C=O) groups excluding carboxylic acids is 1. The second kappa shape index (κ2) is 7.76. The molecule has 0 aliphatic heterocycles. The molecule has 5 nitrogen and oxygen atoms in total. The van der Waals surface area contributed by atoms with Gasteiger partial charge in [-0.1, -0.05) is 13.0 Å². The Kier molecular flexibility index (Phi) is 6.32. The number of hydrogen-bond acceptors (Lipinski definition) is 4.